The molecule has 5 rings (SSSR count). The van der Waals surface area contributed by atoms with Gasteiger partial charge in [-0.15, -0.1) is 0 Å². The SMILES string of the molecule is CCOC(=O)N1CCN(C(=O)C(Cc2ccc(C(OCC)(OCC)[PH+]=O)cc2)NC(=O)c2cc(N3CCC(OC)C3)nc(-c3ccccc3)n2)CC1. The molecule has 0 bridgehead atoms. The Bertz CT molecular complexity index is 1670. The summed E-state index contributed by atoms with van der Waals surface area (Å²) in [7, 11) is 0.776. The number of carbonyl (C=O) groups excluding carboxylic acids is 3. The van der Waals surface area contributed by atoms with Crippen LogP contribution >= 0.6 is 8.46 Å². The van der Waals surface area contributed by atoms with Crippen LogP contribution in [0.3, 0.4) is 0 Å². The number of ether oxygens (including phenoxy) is 4. The molecule has 3 unspecified atom stereocenters. The lowest BCUT2D eigenvalue weighted by Gasteiger charge is -2.36. The molecule has 278 valence electrons. The van der Waals surface area contributed by atoms with Crippen LogP contribution in [0.25, 0.3) is 11.4 Å². The van der Waals surface area contributed by atoms with Gasteiger partial charge < -0.3 is 39.0 Å². The van der Waals surface area contributed by atoms with Gasteiger partial charge in [0.2, 0.25) is 5.91 Å². The number of nitrogens with zero attached hydrogens (tertiary/aromatic N) is 5. The highest BCUT2D eigenvalue weighted by Crippen LogP contribution is 2.38. The Morgan fingerprint density at radius 2 is 1.58 bits per heavy atom. The van der Waals surface area contributed by atoms with E-state index in [1.807, 2.05) is 42.5 Å². The van der Waals surface area contributed by atoms with Crippen molar-refractivity contribution in [3.05, 3.63) is 77.5 Å². The van der Waals surface area contributed by atoms with E-state index in [0.29, 0.717) is 56.6 Å². The molecule has 2 aliphatic rings. The molecule has 2 aliphatic heterocycles. The molecular weight excluding hydrogens is 687 g/mol. The quantitative estimate of drug-likeness (QED) is 0.177. The second-order valence-electron chi connectivity index (χ2n) is 12.4. The number of methoxy groups -OCH3 is 1. The van der Waals surface area contributed by atoms with E-state index in [4.69, 9.17) is 23.9 Å². The fourth-order valence-corrected chi connectivity index (χ4v) is 7.05. The molecule has 3 heterocycles. The van der Waals surface area contributed by atoms with Crippen molar-refractivity contribution in [2.45, 2.75) is 51.3 Å². The number of amides is 3. The van der Waals surface area contributed by atoms with Crippen molar-refractivity contribution in [1.29, 1.82) is 0 Å². The topological polar surface area (TPSA) is 153 Å². The third-order valence-electron chi connectivity index (χ3n) is 9.10. The van der Waals surface area contributed by atoms with Crippen LogP contribution in [0.2, 0.25) is 0 Å². The van der Waals surface area contributed by atoms with E-state index in [1.54, 1.807) is 55.9 Å². The second-order valence-corrected chi connectivity index (χ2v) is 13.3. The first kappa shape index (κ1) is 38.7. The normalized spacial score (nSPS) is 16.9. The molecule has 1 N–H and O–H groups in total. The Labute approximate surface area is 306 Å². The lowest BCUT2D eigenvalue weighted by molar-refractivity contribution is -0.176. The smallest absolute Gasteiger partial charge is 0.409 e. The molecule has 0 spiro atoms. The maximum Gasteiger partial charge on any atom is 0.409 e. The lowest BCUT2D eigenvalue weighted by atomic mass is 10.0. The molecular formula is C37H48N6O8P+. The minimum absolute atomic E-state index is 0.0476. The van der Waals surface area contributed by atoms with Crippen LogP contribution in [-0.4, -0.2) is 116 Å². The van der Waals surface area contributed by atoms with E-state index >= 15 is 0 Å². The molecule has 3 atom stereocenters. The zero-order valence-electron chi connectivity index (χ0n) is 30.2. The van der Waals surface area contributed by atoms with Crippen LogP contribution in [0, 0.1) is 0 Å². The summed E-state index contributed by atoms with van der Waals surface area (Å²) < 4.78 is 34.6. The molecule has 2 saturated heterocycles. The first-order chi connectivity index (χ1) is 25.2. The second kappa shape index (κ2) is 18.3. The Morgan fingerprint density at radius 1 is 0.904 bits per heavy atom. The summed E-state index contributed by atoms with van der Waals surface area (Å²) in [5.41, 5.74) is 0.806. The van der Waals surface area contributed by atoms with Gasteiger partial charge in [0.1, 0.15) is 17.6 Å². The van der Waals surface area contributed by atoms with Crippen molar-refractivity contribution in [2.75, 3.05) is 71.1 Å². The fourth-order valence-electron chi connectivity index (χ4n) is 6.36. The highest BCUT2D eigenvalue weighted by molar-refractivity contribution is 7.24. The summed E-state index contributed by atoms with van der Waals surface area (Å²) in [5, 5.41) is 2.98. The van der Waals surface area contributed by atoms with Gasteiger partial charge in [-0.25, -0.2) is 14.8 Å². The Balaban J connectivity index is 1.43. The average Bonchev–Trinajstić information content (AvgIpc) is 3.67. The van der Waals surface area contributed by atoms with Gasteiger partial charge in [-0.3, -0.25) is 9.59 Å². The summed E-state index contributed by atoms with van der Waals surface area (Å²) >= 11 is 0. The maximum atomic E-state index is 14.2. The van der Waals surface area contributed by atoms with Crippen LogP contribution in [-0.2, 0) is 40.3 Å². The summed E-state index contributed by atoms with van der Waals surface area (Å²) in [6.45, 7) is 8.72. The van der Waals surface area contributed by atoms with E-state index < -0.39 is 32.0 Å². The number of piperazine rings is 1. The van der Waals surface area contributed by atoms with Crippen molar-refractivity contribution >= 4 is 32.2 Å². The standard InChI is InChI=1S/C37H47N6O8P/c1-5-49-36(46)42-21-19-41(20-22-42)35(45)31(23-26-13-15-28(16-14-26)37(52-47,50-6-2)51-7-3)39-34(44)30-24-32(43-18-17-29(25-43)48-4)40-33(38-30)27-11-9-8-10-12-27/h8-16,24,29,31H,5-7,17-23,25H2,1-4H3,(H,39,44)/p+1. The number of hydrogen-bond donors (Lipinski definition) is 1. The molecule has 1 aromatic heterocycles. The van der Waals surface area contributed by atoms with E-state index in [1.165, 1.54) is 0 Å². The predicted octanol–water partition coefficient (Wildman–Crippen LogP) is 4.22. The first-order valence-electron chi connectivity index (χ1n) is 17.7. The lowest BCUT2D eigenvalue weighted by Crippen LogP contribution is -2.56. The number of aromatic nitrogens is 2. The molecule has 2 aromatic carbocycles. The molecule has 3 amide bonds. The average molecular weight is 736 g/mol. The number of carbonyl (C=O) groups is 3. The van der Waals surface area contributed by atoms with Crippen LogP contribution in [0.15, 0.2) is 60.7 Å². The highest BCUT2D eigenvalue weighted by Gasteiger charge is 2.44. The van der Waals surface area contributed by atoms with Crippen molar-refractivity contribution in [2.24, 2.45) is 0 Å². The number of anilines is 1. The third kappa shape index (κ3) is 9.29. The molecule has 14 nitrogen and oxygen atoms in total. The van der Waals surface area contributed by atoms with Gasteiger partial charge in [0.05, 0.1) is 31.5 Å². The van der Waals surface area contributed by atoms with Crippen LogP contribution < -0.4 is 10.2 Å². The summed E-state index contributed by atoms with van der Waals surface area (Å²) in [4.78, 5) is 55.4. The van der Waals surface area contributed by atoms with Gasteiger partial charge in [0, 0.05) is 64.4 Å². The summed E-state index contributed by atoms with van der Waals surface area (Å²) in [5.74, 6) is 0.171. The molecule has 2 fully saturated rings. The van der Waals surface area contributed by atoms with Crippen molar-refractivity contribution in [3.8, 4) is 11.4 Å². The van der Waals surface area contributed by atoms with E-state index in [9.17, 15) is 18.9 Å². The van der Waals surface area contributed by atoms with Crippen LogP contribution in [0.1, 0.15) is 48.8 Å². The maximum absolute atomic E-state index is 14.2. The highest BCUT2D eigenvalue weighted by atomic mass is 31.1. The van der Waals surface area contributed by atoms with Gasteiger partial charge in [0.25, 0.3) is 5.91 Å². The van der Waals surface area contributed by atoms with Crippen LogP contribution in [0.5, 0.6) is 0 Å². The van der Waals surface area contributed by atoms with E-state index in [-0.39, 0.29) is 43.8 Å². The van der Waals surface area contributed by atoms with Gasteiger partial charge in [-0.1, -0.05) is 47.0 Å². The fraction of sp³-hybridized carbons (Fsp3) is 0.486. The third-order valence-corrected chi connectivity index (χ3v) is 9.95. The van der Waals surface area contributed by atoms with Gasteiger partial charge in [-0.05, 0) is 44.9 Å². The zero-order chi connectivity index (χ0) is 37.1. The number of hydrogen-bond acceptors (Lipinski definition) is 11. The first-order valence-corrected chi connectivity index (χ1v) is 18.6. The van der Waals surface area contributed by atoms with Gasteiger partial charge >= 0.3 is 20.1 Å². The molecule has 15 heteroatoms. The molecule has 0 saturated carbocycles. The summed E-state index contributed by atoms with van der Waals surface area (Å²) in [6.07, 6.45) is 0.611. The molecule has 0 radical (unpaired) electrons. The minimum atomic E-state index is -1.40. The zero-order valence-corrected chi connectivity index (χ0v) is 31.2. The van der Waals surface area contributed by atoms with Crippen LogP contribution in [0.4, 0.5) is 10.6 Å². The largest absolute Gasteiger partial charge is 0.450 e. The Morgan fingerprint density at radius 3 is 2.17 bits per heavy atom. The molecule has 3 aromatic rings. The number of rotatable bonds is 15. The van der Waals surface area contributed by atoms with E-state index in [0.717, 1.165) is 17.5 Å². The Kier molecular flexibility index (Phi) is 13.6. The van der Waals surface area contributed by atoms with E-state index in [2.05, 4.69) is 15.2 Å². The summed E-state index contributed by atoms with van der Waals surface area (Å²) in [6, 6.07) is 17.3. The molecule has 0 aliphatic carbocycles. The van der Waals surface area contributed by atoms with Gasteiger partial charge in [0.15, 0.2) is 5.82 Å². The monoisotopic (exact) mass is 735 g/mol. The van der Waals surface area contributed by atoms with Crippen molar-refractivity contribution in [1.82, 2.24) is 25.1 Å². The minimum Gasteiger partial charge on any atom is -0.450 e. The predicted molar refractivity (Wildman–Crippen MR) is 196 cm³/mol. The number of benzene rings is 2. The number of nitrogens with one attached hydrogen (secondary N) is 1. The van der Waals surface area contributed by atoms with Gasteiger partial charge in [-0.2, -0.15) is 0 Å². The molecule has 52 heavy (non-hydrogen) atoms. The Hall–Kier alpha value is -4.49. The van der Waals surface area contributed by atoms with Crippen molar-refractivity contribution in [3.63, 3.8) is 0 Å². The van der Waals surface area contributed by atoms with Crippen molar-refractivity contribution < 1.29 is 37.9 Å².